The lowest BCUT2D eigenvalue weighted by Crippen LogP contribution is -2.45. The van der Waals surface area contributed by atoms with Gasteiger partial charge in [-0.15, -0.1) is 12.3 Å². The van der Waals surface area contributed by atoms with E-state index >= 15 is 0 Å². The number of rotatable bonds is 5. The van der Waals surface area contributed by atoms with Gasteiger partial charge in [-0.2, -0.15) is 0 Å². The number of aromatic nitrogens is 2. The number of fused-ring (bicyclic) bond motifs is 1. The van der Waals surface area contributed by atoms with Crippen LogP contribution < -0.4 is 5.32 Å². The number of imidazole rings is 1. The van der Waals surface area contributed by atoms with Crippen LogP contribution in [0.2, 0.25) is 5.02 Å². The van der Waals surface area contributed by atoms with Crippen molar-refractivity contribution in [2.24, 2.45) is 5.92 Å². The van der Waals surface area contributed by atoms with Gasteiger partial charge in [0.25, 0.3) is 5.91 Å². The predicted octanol–water partition coefficient (Wildman–Crippen LogP) is 2.25. The third-order valence-corrected chi connectivity index (χ3v) is 5.68. The lowest BCUT2D eigenvalue weighted by molar-refractivity contribution is -0.127. The van der Waals surface area contributed by atoms with Gasteiger partial charge in [0, 0.05) is 44.7 Å². The molecule has 1 fully saturated rings. The average Bonchev–Trinajstić information content (AvgIpc) is 3.14. The number of hydrogen-bond donors (Lipinski definition) is 1. The zero-order chi connectivity index (χ0) is 21.1. The van der Waals surface area contributed by atoms with E-state index in [0.29, 0.717) is 47.8 Å². The zero-order valence-corrected chi connectivity index (χ0v) is 17.2. The highest BCUT2D eigenvalue weighted by Crippen LogP contribution is 2.22. The summed E-state index contributed by atoms with van der Waals surface area (Å²) >= 11 is 6.12. The van der Waals surface area contributed by atoms with Gasteiger partial charge in [0.05, 0.1) is 23.5 Å². The van der Waals surface area contributed by atoms with E-state index in [1.165, 1.54) is 6.20 Å². The Labute approximate surface area is 180 Å². The van der Waals surface area contributed by atoms with E-state index < -0.39 is 0 Å². The summed E-state index contributed by atoms with van der Waals surface area (Å²) < 4.78 is 1.85. The third-order valence-electron chi connectivity index (χ3n) is 5.35. The molecule has 0 spiro atoms. The Balaban J connectivity index is 1.34. The lowest BCUT2D eigenvalue weighted by atomic mass is 10.0. The fourth-order valence-electron chi connectivity index (χ4n) is 3.61. The molecule has 2 amide bonds. The quantitative estimate of drug-likeness (QED) is 0.591. The van der Waals surface area contributed by atoms with Crippen LogP contribution in [0.15, 0.2) is 42.6 Å². The molecule has 0 saturated carbocycles. The maximum absolute atomic E-state index is 12.7. The number of nitrogens with one attached hydrogen (secondary N) is 1. The predicted molar refractivity (Wildman–Crippen MR) is 115 cm³/mol. The van der Waals surface area contributed by atoms with E-state index in [1.807, 2.05) is 10.6 Å². The number of carbonyl (C=O) groups excluding carboxylic acids is 2. The first-order valence-corrected chi connectivity index (χ1v) is 10.2. The van der Waals surface area contributed by atoms with E-state index in [2.05, 4.69) is 21.1 Å². The molecule has 0 aliphatic carbocycles. The van der Waals surface area contributed by atoms with E-state index in [4.69, 9.17) is 18.0 Å². The molecule has 3 heterocycles. The molecule has 0 atom stereocenters. The van der Waals surface area contributed by atoms with Crippen LogP contribution in [0.25, 0.3) is 0 Å². The molecular weight excluding hydrogens is 402 g/mol. The van der Waals surface area contributed by atoms with Crippen LogP contribution in [0.1, 0.15) is 16.3 Å². The van der Waals surface area contributed by atoms with Gasteiger partial charge >= 0.3 is 0 Å². The Morgan fingerprint density at radius 2 is 2.10 bits per heavy atom. The fraction of sp³-hybridized carbons (Fsp3) is 0.318. The molecule has 1 aromatic heterocycles. The van der Waals surface area contributed by atoms with Gasteiger partial charge in [-0.3, -0.25) is 14.5 Å². The molecule has 154 valence electrons. The summed E-state index contributed by atoms with van der Waals surface area (Å²) in [7, 11) is 0. The average molecular weight is 424 g/mol. The van der Waals surface area contributed by atoms with E-state index in [0.717, 1.165) is 19.6 Å². The highest BCUT2D eigenvalue weighted by Gasteiger charge is 2.26. The van der Waals surface area contributed by atoms with Crippen molar-refractivity contribution in [2.75, 3.05) is 31.5 Å². The molecule has 4 rings (SSSR count). The molecule has 2 aliphatic rings. The molecule has 1 saturated heterocycles. The molecule has 1 aromatic carbocycles. The number of hydrogen-bond acceptors (Lipinski definition) is 4. The lowest BCUT2D eigenvalue weighted by Gasteiger charge is -2.35. The standard InChI is InChI=1S/C22H22ClN5O2/c1-2-16-13-26(14-16)9-5-8-21(29)27-10-11-28-19(12-24-20(28)15-27)22(30)25-18-7-4-3-6-17(18)23/h1,3-8,12,16H,9-11,13-15H2,(H,25,30)/b8-5+. The number of benzene rings is 1. The van der Waals surface area contributed by atoms with Crippen molar-refractivity contribution in [3.63, 3.8) is 0 Å². The number of anilines is 1. The summed E-state index contributed by atoms with van der Waals surface area (Å²) in [5.41, 5.74) is 1.00. The Kier molecular flexibility index (Phi) is 5.88. The van der Waals surface area contributed by atoms with Gasteiger partial charge in [0.1, 0.15) is 11.5 Å². The van der Waals surface area contributed by atoms with Crippen molar-refractivity contribution >= 4 is 29.1 Å². The van der Waals surface area contributed by atoms with Crippen LogP contribution in [0.5, 0.6) is 0 Å². The van der Waals surface area contributed by atoms with Crippen LogP contribution in [0.4, 0.5) is 5.69 Å². The molecule has 2 aliphatic heterocycles. The van der Waals surface area contributed by atoms with E-state index in [-0.39, 0.29) is 11.8 Å². The normalized spacial score (nSPS) is 16.7. The maximum Gasteiger partial charge on any atom is 0.273 e. The molecule has 2 aromatic rings. The van der Waals surface area contributed by atoms with Gasteiger partial charge in [0.15, 0.2) is 0 Å². The zero-order valence-electron chi connectivity index (χ0n) is 16.4. The summed E-state index contributed by atoms with van der Waals surface area (Å²) in [5.74, 6) is 3.42. The largest absolute Gasteiger partial charge is 0.330 e. The summed E-state index contributed by atoms with van der Waals surface area (Å²) in [4.78, 5) is 33.4. The number of halogens is 1. The van der Waals surface area contributed by atoms with Crippen molar-refractivity contribution in [2.45, 2.75) is 13.1 Å². The number of nitrogens with zero attached hydrogens (tertiary/aromatic N) is 4. The highest BCUT2D eigenvalue weighted by molar-refractivity contribution is 6.33. The Morgan fingerprint density at radius 1 is 1.30 bits per heavy atom. The maximum atomic E-state index is 12.7. The van der Waals surface area contributed by atoms with Gasteiger partial charge < -0.3 is 14.8 Å². The van der Waals surface area contributed by atoms with Crippen molar-refractivity contribution in [1.82, 2.24) is 19.4 Å². The van der Waals surface area contributed by atoms with Crippen LogP contribution in [-0.2, 0) is 17.9 Å². The Bertz CT molecular complexity index is 1030. The number of amides is 2. The van der Waals surface area contributed by atoms with E-state index in [9.17, 15) is 9.59 Å². The number of terminal acetylenes is 1. The monoisotopic (exact) mass is 423 g/mol. The van der Waals surface area contributed by atoms with Gasteiger partial charge in [-0.25, -0.2) is 4.98 Å². The van der Waals surface area contributed by atoms with Crippen molar-refractivity contribution in [3.8, 4) is 12.3 Å². The molecule has 0 unspecified atom stereocenters. The Morgan fingerprint density at radius 3 is 2.87 bits per heavy atom. The van der Waals surface area contributed by atoms with Crippen LogP contribution in [-0.4, -0.2) is 57.3 Å². The number of carbonyl (C=O) groups is 2. The molecular formula is C22H22ClN5O2. The minimum Gasteiger partial charge on any atom is -0.330 e. The molecule has 7 nitrogen and oxygen atoms in total. The second-order valence-corrected chi connectivity index (χ2v) is 7.80. The summed E-state index contributed by atoms with van der Waals surface area (Å²) in [6.07, 6.45) is 10.4. The highest BCUT2D eigenvalue weighted by atomic mass is 35.5. The van der Waals surface area contributed by atoms with Gasteiger partial charge in [-0.05, 0) is 12.1 Å². The van der Waals surface area contributed by atoms with Gasteiger partial charge in [-0.1, -0.05) is 29.8 Å². The molecule has 0 bridgehead atoms. The SMILES string of the molecule is C#CC1CN(C/C=C/C(=O)N2CCn3c(C(=O)Nc4ccccc4Cl)cnc3C2)C1. The smallest absolute Gasteiger partial charge is 0.273 e. The van der Waals surface area contributed by atoms with Crippen molar-refractivity contribution in [3.05, 3.63) is 59.2 Å². The minimum absolute atomic E-state index is 0.0552. The third kappa shape index (κ3) is 4.25. The molecule has 30 heavy (non-hydrogen) atoms. The summed E-state index contributed by atoms with van der Waals surface area (Å²) in [6, 6.07) is 7.07. The van der Waals surface area contributed by atoms with Crippen LogP contribution in [0.3, 0.4) is 0 Å². The summed E-state index contributed by atoms with van der Waals surface area (Å²) in [5, 5.41) is 3.29. The van der Waals surface area contributed by atoms with Crippen molar-refractivity contribution in [1.29, 1.82) is 0 Å². The molecule has 0 radical (unpaired) electrons. The van der Waals surface area contributed by atoms with Gasteiger partial charge in [0.2, 0.25) is 5.91 Å². The molecule has 8 heteroatoms. The second kappa shape index (κ2) is 8.74. The first-order chi connectivity index (χ1) is 14.5. The first kappa shape index (κ1) is 20.2. The van der Waals surface area contributed by atoms with Crippen LogP contribution >= 0.6 is 11.6 Å². The van der Waals surface area contributed by atoms with E-state index in [1.54, 1.807) is 35.2 Å². The number of likely N-dealkylation sites (tertiary alicyclic amines) is 1. The molecule has 1 N–H and O–H groups in total. The minimum atomic E-state index is -0.277. The van der Waals surface area contributed by atoms with Crippen molar-refractivity contribution < 1.29 is 9.59 Å². The number of para-hydroxylation sites is 1. The topological polar surface area (TPSA) is 70.5 Å². The Hall–Kier alpha value is -3.08. The van der Waals surface area contributed by atoms with Crippen LogP contribution in [0, 0.1) is 18.3 Å². The second-order valence-electron chi connectivity index (χ2n) is 7.39. The summed E-state index contributed by atoms with van der Waals surface area (Å²) in [6.45, 7) is 3.88. The fourth-order valence-corrected chi connectivity index (χ4v) is 3.79. The first-order valence-electron chi connectivity index (χ1n) is 9.79.